The van der Waals surface area contributed by atoms with Gasteiger partial charge in [-0.15, -0.1) is 11.3 Å². The van der Waals surface area contributed by atoms with Crippen molar-refractivity contribution in [2.75, 3.05) is 0 Å². The van der Waals surface area contributed by atoms with Crippen molar-refractivity contribution in [1.29, 1.82) is 0 Å². The van der Waals surface area contributed by atoms with E-state index >= 15 is 0 Å². The second kappa shape index (κ2) is 4.13. The maximum atomic E-state index is 11.3. The van der Waals surface area contributed by atoms with Gasteiger partial charge in [0.2, 0.25) is 0 Å². The molecule has 0 radical (unpaired) electrons. The number of Topliss-reactive ketones (excluding diaryl/α,β-unsaturated/α-hetero) is 1. The molecular formula is C11H8ClNOS. The Bertz CT molecular complexity index is 507. The van der Waals surface area contributed by atoms with E-state index in [-0.39, 0.29) is 5.78 Å². The molecule has 0 atom stereocenters. The lowest BCUT2D eigenvalue weighted by Crippen LogP contribution is -1.94. The highest BCUT2D eigenvalue weighted by molar-refractivity contribution is 7.13. The monoisotopic (exact) mass is 237 g/mol. The van der Waals surface area contributed by atoms with Gasteiger partial charge in [0.05, 0.1) is 10.4 Å². The predicted octanol–water partition coefficient (Wildman–Crippen LogP) is 3.67. The molecule has 0 N–H and O–H groups in total. The number of nitrogens with zero attached hydrogens (tertiary/aromatic N) is 1. The number of hydrogen-bond acceptors (Lipinski definition) is 3. The lowest BCUT2D eigenvalue weighted by molar-refractivity contribution is 0.101. The van der Waals surface area contributed by atoms with Crippen molar-refractivity contribution in [1.82, 2.24) is 4.98 Å². The lowest BCUT2D eigenvalue weighted by Gasteiger charge is -2.01. The maximum Gasteiger partial charge on any atom is 0.179 e. The van der Waals surface area contributed by atoms with E-state index in [1.807, 2.05) is 18.2 Å². The van der Waals surface area contributed by atoms with Crippen molar-refractivity contribution in [3.63, 3.8) is 0 Å². The van der Waals surface area contributed by atoms with Gasteiger partial charge in [-0.3, -0.25) is 4.79 Å². The molecule has 0 aliphatic carbocycles. The molecule has 1 aromatic carbocycles. The summed E-state index contributed by atoms with van der Waals surface area (Å²) in [6, 6.07) is 7.45. The molecule has 2 rings (SSSR count). The molecule has 2 aromatic rings. The van der Waals surface area contributed by atoms with E-state index in [1.54, 1.807) is 11.6 Å². The van der Waals surface area contributed by atoms with Crippen LogP contribution in [-0.4, -0.2) is 10.8 Å². The molecule has 0 fully saturated rings. The number of halogens is 1. The molecule has 0 aliphatic heterocycles. The van der Waals surface area contributed by atoms with E-state index in [1.165, 1.54) is 18.3 Å². The summed E-state index contributed by atoms with van der Waals surface area (Å²) in [6.45, 7) is 1.51. The second-order valence-corrected chi connectivity index (χ2v) is 4.33. The fourth-order valence-corrected chi connectivity index (χ4v) is 2.50. The molecule has 0 aliphatic rings. The minimum Gasteiger partial charge on any atom is -0.293 e. The maximum absolute atomic E-state index is 11.3. The minimum absolute atomic E-state index is 0.0360. The first kappa shape index (κ1) is 10.3. The van der Waals surface area contributed by atoms with Crippen LogP contribution in [0.4, 0.5) is 0 Å². The summed E-state index contributed by atoms with van der Waals surface area (Å²) in [6.07, 6.45) is 0. The highest BCUT2D eigenvalue weighted by atomic mass is 35.5. The van der Waals surface area contributed by atoms with Gasteiger partial charge in [-0.1, -0.05) is 29.8 Å². The first-order valence-electron chi connectivity index (χ1n) is 4.39. The summed E-state index contributed by atoms with van der Waals surface area (Å²) in [4.78, 5) is 16.2. The number of benzene rings is 1. The summed E-state index contributed by atoms with van der Waals surface area (Å²) in [7, 11) is 0. The molecule has 0 unspecified atom stereocenters. The SMILES string of the molecule is CC(=O)c1ncsc1-c1ccccc1Cl. The number of rotatable bonds is 2. The van der Waals surface area contributed by atoms with E-state index in [2.05, 4.69) is 4.98 Å². The van der Waals surface area contributed by atoms with Gasteiger partial charge < -0.3 is 0 Å². The Kier molecular flexibility index (Phi) is 2.84. The third-order valence-electron chi connectivity index (χ3n) is 2.02. The Morgan fingerprint density at radius 1 is 1.40 bits per heavy atom. The normalized spacial score (nSPS) is 10.3. The van der Waals surface area contributed by atoms with Crippen molar-refractivity contribution in [2.24, 2.45) is 0 Å². The van der Waals surface area contributed by atoms with Crippen LogP contribution in [0.1, 0.15) is 17.4 Å². The first-order valence-corrected chi connectivity index (χ1v) is 5.65. The number of ketones is 1. The summed E-state index contributed by atoms with van der Waals surface area (Å²) < 4.78 is 0. The molecule has 15 heavy (non-hydrogen) atoms. The molecule has 0 spiro atoms. The second-order valence-electron chi connectivity index (χ2n) is 3.07. The van der Waals surface area contributed by atoms with Crippen molar-refractivity contribution < 1.29 is 4.79 Å². The Hall–Kier alpha value is -1.19. The average molecular weight is 238 g/mol. The smallest absolute Gasteiger partial charge is 0.179 e. The molecule has 2 nitrogen and oxygen atoms in total. The zero-order chi connectivity index (χ0) is 10.8. The Morgan fingerprint density at radius 3 is 2.80 bits per heavy atom. The van der Waals surface area contributed by atoms with Crippen molar-refractivity contribution in [3.05, 3.63) is 40.5 Å². The Morgan fingerprint density at radius 2 is 2.13 bits per heavy atom. The number of carbonyl (C=O) groups is 1. The summed E-state index contributed by atoms with van der Waals surface area (Å²) in [5.74, 6) is -0.0360. The van der Waals surface area contributed by atoms with Gasteiger partial charge in [0, 0.05) is 17.5 Å². The molecule has 4 heteroatoms. The van der Waals surface area contributed by atoms with Gasteiger partial charge in [0.15, 0.2) is 5.78 Å². The lowest BCUT2D eigenvalue weighted by atomic mass is 10.1. The summed E-state index contributed by atoms with van der Waals surface area (Å²) >= 11 is 7.49. The van der Waals surface area contributed by atoms with Gasteiger partial charge in [0.25, 0.3) is 0 Å². The molecule has 0 saturated carbocycles. The van der Waals surface area contributed by atoms with E-state index in [0.717, 1.165) is 10.4 Å². The molecule has 1 aromatic heterocycles. The Labute approximate surface area is 96.5 Å². The molecule has 0 saturated heterocycles. The summed E-state index contributed by atoms with van der Waals surface area (Å²) in [5, 5.41) is 0.643. The predicted molar refractivity (Wildman–Crippen MR) is 62.6 cm³/mol. The summed E-state index contributed by atoms with van der Waals surface area (Å²) in [5.41, 5.74) is 3.02. The number of aromatic nitrogens is 1. The van der Waals surface area contributed by atoms with E-state index in [0.29, 0.717) is 10.7 Å². The van der Waals surface area contributed by atoms with Crippen LogP contribution in [0.15, 0.2) is 29.8 Å². The Balaban J connectivity index is 2.59. The third kappa shape index (κ3) is 1.94. The van der Waals surface area contributed by atoms with Crippen LogP contribution in [0.2, 0.25) is 5.02 Å². The van der Waals surface area contributed by atoms with Crippen LogP contribution in [0.25, 0.3) is 10.4 Å². The molecule has 1 heterocycles. The zero-order valence-electron chi connectivity index (χ0n) is 8.03. The number of thiazole rings is 1. The van der Waals surface area contributed by atoms with Crippen molar-refractivity contribution >= 4 is 28.7 Å². The van der Waals surface area contributed by atoms with Crippen LogP contribution >= 0.6 is 22.9 Å². The van der Waals surface area contributed by atoms with Crippen LogP contribution in [0, 0.1) is 0 Å². The zero-order valence-corrected chi connectivity index (χ0v) is 9.60. The quantitative estimate of drug-likeness (QED) is 0.746. The third-order valence-corrected chi connectivity index (χ3v) is 3.21. The van der Waals surface area contributed by atoms with Gasteiger partial charge in [-0.2, -0.15) is 0 Å². The van der Waals surface area contributed by atoms with E-state index in [4.69, 9.17) is 11.6 Å². The standard InChI is InChI=1S/C11H8ClNOS/c1-7(14)10-11(15-6-13-10)8-4-2-3-5-9(8)12/h2-6H,1H3. The van der Waals surface area contributed by atoms with E-state index in [9.17, 15) is 4.79 Å². The minimum atomic E-state index is -0.0360. The van der Waals surface area contributed by atoms with Crippen LogP contribution in [0.3, 0.4) is 0 Å². The molecule has 0 amide bonds. The highest BCUT2D eigenvalue weighted by Crippen LogP contribution is 2.33. The van der Waals surface area contributed by atoms with Gasteiger partial charge in [-0.25, -0.2) is 4.98 Å². The first-order chi connectivity index (χ1) is 7.20. The largest absolute Gasteiger partial charge is 0.293 e. The van der Waals surface area contributed by atoms with E-state index < -0.39 is 0 Å². The topological polar surface area (TPSA) is 30.0 Å². The van der Waals surface area contributed by atoms with Crippen LogP contribution in [-0.2, 0) is 0 Å². The van der Waals surface area contributed by atoms with Gasteiger partial charge >= 0.3 is 0 Å². The molecular weight excluding hydrogens is 230 g/mol. The fourth-order valence-electron chi connectivity index (χ4n) is 1.33. The average Bonchev–Trinajstić information content (AvgIpc) is 2.67. The fraction of sp³-hybridized carbons (Fsp3) is 0.0909. The van der Waals surface area contributed by atoms with Crippen LogP contribution in [0.5, 0.6) is 0 Å². The van der Waals surface area contributed by atoms with Gasteiger partial charge in [0.1, 0.15) is 5.69 Å². The van der Waals surface area contributed by atoms with Gasteiger partial charge in [-0.05, 0) is 6.07 Å². The molecule has 0 bridgehead atoms. The number of carbonyl (C=O) groups excluding carboxylic acids is 1. The molecule has 76 valence electrons. The number of hydrogen-bond donors (Lipinski definition) is 0. The van der Waals surface area contributed by atoms with Crippen LogP contribution < -0.4 is 0 Å². The highest BCUT2D eigenvalue weighted by Gasteiger charge is 2.14. The van der Waals surface area contributed by atoms with Crippen molar-refractivity contribution in [3.8, 4) is 10.4 Å². The van der Waals surface area contributed by atoms with Crippen molar-refractivity contribution in [2.45, 2.75) is 6.92 Å².